The molecule has 1 aliphatic heterocycles. The van der Waals surface area contributed by atoms with Crippen molar-refractivity contribution in [3.8, 4) is 11.8 Å². The Hall–Kier alpha value is -2.42. The van der Waals surface area contributed by atoms with Gasteiger partial charge in [-0.25, -0.2) is 4.79 Å². The Bertz CT molecular complexity index is 631. The summed E-state index contributed by atoms with van der Waals surface area (Å²) < 4.78 is 11.2. The predicted octanol–water partition coefficient (Wildman–Crippen LogP) is 3.17. The van der Waals surface area contributed by atoms with Crippen molar-refractivity contribution >= 4 is 11.8 Å². The number of benzene rings is 1. The number of nitrogens with two attached hydrogens (primary N) is 1. The first-order chi connectivity index (χ1) is 11.3. The van der Waals surface area contributed by atoms with Crippen LogP contribution in [0, 0.1) is 17.2 Å². The van der Waals surface area contributed by atoms with Crippen molar-refractivity contribution in [3.63, 3.8) is 0 Å². The number of nitriles is 1. The molecule has 2 rings (SSSR count). The van der Waals surface area contributed by atoms with E-state index in [9.17, 15) is 10.1 Å². The average Bonchev–Trinajstić information content (AvgIpc) is 2.51. The summed E-state index contributed by atoms with van der Waals surface area (Å²) in [6, 6.07) is 7.25. The maximum Gasteiger partial charge on any atom is 0.410 e. The third-order valence-corrected chi connectivity index (χ3v) is 3.82. The van der Waals surface area contributed by atoms with Crippen LogP contribution in [-0.4, -0.2) is 36.3 Å². The van der Waals surface area contributed by atoms with Crippen LogP contribution in [0.3, 0.4) is 0 Å². The number of carbonyl (C=O) groups excluding carboxylic acids is 1. The first-order valence-corrected chi connectivity index (χ1v) is 8.19. The van der Waals surface area contributed by atoms with Crippen LogP contribution < -0.4 is 10.5 Å². The zero-order chi connectivity index (χ0) is 17.7. The summed E-state index contributed by atoms with van der Waals surface area (Å²) in [5.74, 6) is 0.700. The monoisotopic (exact) mass is 331 g/mol. The van der Waals surface area contributed by atoms with Crippen LogP contribution in [-0.2, 0) is 4.74 Å². The first kappa shape index (κ1) is 17.9. The molecule has 6 heteroatoms. The summed E-state index contributed by atoms with van der Waals surface area (Å²) in [5.41, 5.74) is 6.06. The second-order valence-electron chi connectivity index (χ2n) is 7.08. The molecule has 1 heterocycles. The lowest BCUT2D eigenvalue weighted by Crippen LogP contribution is -2.44. The van der Waals surface area contributed by atoms with Gasteiger partial charge in [0.1, 0.15) is 23.0 Å². The third kappa shape index (κ3) is 4.79. The minimum Gasteiger partial charge on any atom is -0.492 e. The second kappa shape index (κ2) is 7.43. The van der Waals surface area contributed by atoms with E-state index in [4.69, 9.17) is 15.2 Å². The first-order valence-electron chi connectivity index (χ1n) is 8.19. The van der Waals surface area contributed by atoms with E-state index < -0.39 is 5.60 Å². The molecule has 0 spiro atoms. The zero-order valence-corrected chi connectivity index (χ0v) is 14.5. The SMILES string of the molecule is CC(C)(C)OC(=O)N1CCCC(COc2cccc(N)c2C#N)C1. The highest BCUT2D eigenvalue weighted by Gasteiger charge is 2.28. The Kier molecular flexibility index (Phi) is 5.55. The number of anilines is 1. The molecule has 0 bridgehead atoms. The maximum absolute atomic E-state index is 12.2. The summed E-state index contributed by atoms with van der Waals surface area (Å²) in [7, 11) is 0. The average molecular weight is 331 g/mol. The van der Waals surface area contributed by atoms with Gasteiger partial charge in [-0.05, 0) is 45.7 Å². The van der Waals surface area contributed by atoms with E-state index in [1.165, 1.54) is 0 Å². The molecular weight excluding hydrogens is 306 g/mol. The van der Waals surface area contributed by atoms with Gasteiger partial charge in [0.05, 0.1) is 12.3 Å². The van der Waals surface area contributed by atoms with E-state index in [0.717, 1.165) is 12.8 Å². The Morgan fingerprint density at radius 3 is 2.88 bits per heavy atom. The number of nitrogens with zero attached hydrogens (tertiary/aromatic N) is 2. The molecule has 1 aromatic rings. The predicted molar refractivity (Wildman–Crippen MR) is 91.6 cm³/mol. The van der Waals surface area contributed by atoms with Crippen LogP contribution in [0.25, 0.3) is 0 Å². The van der Waals surface area contributed by atoms with Crippen LogP contribution >= 0.6 is 0 Å². The molecule has 1 saturated heterocycles. The highest BCUT2D eigenvalue weighted by molar-refractivity contribution is 5.68. The number of amides is 1. The van der Waals surface area contributed by atoms with Gasteiger partial charge in [-0.3, -0.25) is 0 Å². The molecule has 0 radical (unpaired) electrons. The molecule has 0 aromatic heterocycles. The van der Waals surface area contributed by atoms with Gasteiger partial charge in [0, 0.05) is 19.0 Å². The van der Waals surface area contributed by atoms with Crippen molar-refractivity contribution in [2.24, 2.45) is 5.92 Å². The van der Waals surface area contributed by atoms with E-state index in [1.807, 2.05) is 20.8 Å². The van der Waals surface area contributed by atoms with Crippen molar-refractivity contribution < 1.29 is 14.3 Å². The topological polar surface area (TPSA) is 88.6 Å². The molecule has 1 amide bonds. The molecule has 1 aromatic carbocycles. The van der Waals surface area contributed by atoms with Gasteiger partial charge in [-0.15, -0.1) is 0 Å². The molecule has 1 aliphatic rings. The standard InChI is InChI=1S/C18H25N3O3/c1-18(2,3)24-17(22)21-9-5-6-13(11-21)12-23-16-8-4-7-15(20)14(16)10-19/h4,7-8,13H,5-6,9,11-12,20H2,1-3H3. The van der Waals surface area contributed by atoms with E-state index in [1.54, 1.807) is 23.1 Å². The summed E-state index contributed by atoms with van der Waals surface area (Å²) in [5, 5.41) is 9.18. The largest absolute Gasteiger partial charge is 0.492 e. The number of carbonyl (C=O) groups is 1. The molecule has 0 saturated carbocycles. The highest BCUT2D eigenvalue weighted by atomic mass is 16.6. The number of rotatable bonds is 3. The molecule has 1 fully saturated rings. The maximum atomic E-state index is 12.2. The van der Waals surface area contributed by atoms with Crippen LogP contribution in [0.2, 0.25) is 0 Å². The van der Waals surface area contributed by atoms with Crippen molar-refractivity contribution in [2.45, 2.75) is 39.2 Å². The fourth-order valence-electron chi connectivity index (χ4n) is 2.69. The smallest absolute Gasteiger partial charge is 0.410 e. The number of nitrogen functional groups attached to an aromatic ring is 1. The van der Waals surface area contributed by atoms with Gasteiger partial charge in [0.25, 0.3) is 0 Å². The molecule has 2 N–H and O–H groups in total. The van der Waals surface area contributed by atoms with Crippen LogP contribution in [0.4, 0.5) is 10.5 Å². The van der Waals surface area contributed by atoms with Gasteiger partial charge in [0.15, 0.2) is 0 Å². The van der Waals surface area contributed by atoms with Gasteiger partial charge in [0.2, 0.25) is 0 Å². The summed E-state index contributed by atoms with van der Waals surface area (Å²) in [6.45, 7) is 7.32. The van der Waals surface area contributed by atoms with Crippen LogP contribution in [0.15, 0.2) is 18.2 Å². The highest BCUT2D eigenvalue weighted by Crippen LogP contribution is 2.25. The van der Waals surface area contributed by atoms with E-state index in [2.05, 4.69) is 6.07 Å². The number of hydrogen-bond acceptors (Lipinski definition) is 5. The fraction of sp³-hybridized carbons (Fsp3) is 0.556. The molecule has 24 heavy (non-hydrogen) atoms. The lowest BCUT2D eigenvalue weighted by Gasteiger charge is -2.34. The molecule has 1 unspecified atom stereocenters. The molecular formula is C18H25N3O3. The Morgan fingerprint density at radius 2 is 2.21 bits per heavy atom. The van der Waals surface area contributed by atoms with Crippen molar-refractivity contribution in [3.05, 3.63) is 23.8 Å². The molecule has 1 atom stereocenters. The molecule has 0 aliphatic carbocycles. The van der Waals surface area contributed by atoms with Crippen LogP contribution in [0.1, 0.15) is 39.2 Å². The third-order valence-electron chi connectivity index (χ3n) is 3.82. The summed E-state index contributed by atoms with van der Waals surface area (Å²) >= 11 is 0. The number of hydrogen-bond donors (Lipinski definition) is 1. The van der Waals surface area contributed by atoms with Crippen molar-refractivity contribution in [1.29, 1.82) is 5.26 Å². The van der Waals surface area contributed by atoms with Crippen LogP contribution in [0.5, 0.6) is 5.75 Å². The Morgan fingerprint density at radius 1 is 1.46 bits per heavy atom. The van der Waals surface area contributed by atoms with Crippen molar-refractivity contribution in [2.75, 3.05) is 25.4 Å². The lowest BCUT2D eigenvalue weighted by molar-refractivity contribution is 0.0139. The lowest BCUT2D eigenvalue weighted by atomic mass is 9.99. The van der Waals surface area contributed by atoms with Gasteiger partial charge in [-0.1, -0.05) is 6.07 Å². The summed E-state index contributed by atoms with van der Waals surface area (Å²) in [4.78, 5) is 13.9. The van der Waals surface area contributed by atoms with Gasteiger partial charge < -0.3 is 20.1 Å². The molecule has 6 nitrogen and oxygen atoms in total. The van der Waals surface area contributed by atoms with Gasteiger partial charge in [-0.2, -0.15) is 5.26 Å². The van der Waals surface area contributed by atoms with E-state index in [0.29, 0.717) is 36.7 Å². The second-order valence-corrected chi connectivity index (χ2v) is 7.08. The van der Waals surface area contributed by atoms with E-state index >= 15 is 0 Å². The number of likely N-dealkylation sites (tertiary alicyclic amines) is 1. The quantitative estimate of drug-likeness (QED) is 0.859. The number of ether oxygens (including phenoxy) is 2. The van der Waals surface area contributed by atoms with E-state index in [-0.39, 0.29) is 12.0 Å². The number of piperidine rings is 1. The zero-order valence-electron chi connectivity index (χ0n) is 14.5. The summed E-state index contributed by atoms with van der Waals surface area (Å²) in [6.07, 6.45) is 1.60. The van der Waals surface area contributed by atoms with Crippen molar-refractivity contribution in [1.82, 2.24) is 4.90 Å². The molecule has 130 valence electrons. The Balaban J connectivity index is 1.93. The minimum absolute atomic E-state index is 0.208. The Labute approximate surface area is 143 Å². The van der Waals surface area contributed by atoms with Gasteiger partial charge >= 0.3 is 6.09 Å². The minimum atomic E-state index is -0.496. The normalized spacial score (nSPS) is 17.9. The fourth-order valence-corrected chi connectivity index (χ4v) is 2.69.